The van der Waals surface area contributed by atoms with Crippen LogP contribution in [0, 0.1) is 11.8 Å². The van der Waals surface area contributed by atoms with Crippen molar-refractivity contribution in [2.24, 2.45) is 11.8 Å². The molecular formula is C36H45N3O4S. The number of aromatic nitrogens is 1. The SMILES string of the molecule is CC(C)C1CC=C(C[C@@H](NC(=O)c2cc3ccc(Oc4ccc(C(C)(C)C)cc4)cc3c(CC3CCCC3)n2)C(=O)NO)S1. The number of rotatable bonds is 10. The number of benzene rings is 2. The summed E-state index contributed by atoms with van der Waals surface area (Å²) in [4.78, 5) is 32.1. The van der Waals surface area contributed by atoms with Gasteiger partial charge in [0.15, 0.2) is 0 Å². The molecule has 0 radical (unpaired) electrons. The number of hydrogen-bond acceptors (Lipinski definition) is 6. The average molecular weight is 616 g/mol. The quantitative estimate of drug-likeness (QED) is 0.157. The molecule has 1 aliphatic heterocycles. The highest BCUT2D eigenvalue weighted by atomic mass is 32.2. The van der Waals surface area contributed by atoms with Crippen molar-refractivity contribution in [2.45, 2.75) is 96.3 Å². The first-order valence-electron chi connectivity index (χ1n) is 15.8. The summed E-state index contributed by atoms with van der Waals surface area (Å²) in [7, 11) is 0. The van der Waals surface area contributed by atoms with Crippen molar-refractivity contribution in [1.82, 2.24) is 15.8 Å². The number of hydrogen-bond donors (Lipinski definition) is 3. The number of nitrogens with one attached hydrogen (secondary N) is 2. The van der Waals surface area contributed by atoms with E-state index in [0.717, 1.165) is 58.6 Å². The van der Waals surface area contributed by atoms with Crippen LogP contribution in [-0.2, 0) is 16.6 Å². The van der Waals surface area contributed by atoms with Crippen LogP contribution < -0.4 is 15.5 Å². The van der Waals surface area contributed by atoms with E-state index in [9.17, 15) is 14.8 Å². The Morgan fingerprint density at radius 1 is 1.05 bits per heavy atom. The summed E-state index contributed by atoms with van der Waals surface area (Å²) in [5.74, 6) is 1.44. The van der Waals surface area contributed by atoms with E-state index in [-0.39, 0.29) is 11.1 Å². The second kappa shape index (κ2) is 13.7. The van der Waals surface area contributed by atoms with E-state index in [4.69, 9.17) is 9.72 Å². The molecule has 1 aromatic heterocycles. The Labute approximate surface area is 265 Å². The van der Waals surface area contributed by atoms with E-state index in [2.05, 4.69) is 58.1 Å². The molecule has 2 heterocycles. The monoisotopic (exact) mass is 615 g/mol. The minimum atomic E-state index is -0.909. The maximum absolute atomic E-state index is 13.6. The highest BCUT2D eigenvalue weighted by molar-refractivity contribution is 8.03. The molecule has 2 aliphatic rings. The molecule has 0 spiro atoms. The summed E-state index contributed by atoms with van der Waals surface area (Å²) in [5.41, 5.74) is 4.17. The number of ether oxygens (including phenoxy) is 1. The Morgan fingerprint density at radius 3 is 2.39 bits per heavy atom. The van der Waals surface area contributed by atoms with Gasteiger partial charge in [0.1, 0.15) is 23.2 Å². The van der Waals surface area contributed by atoms with E-state index < -0.39 is 17.9 Å². The lowest BCUT2D eigenvalue weighted by molar-refractivity contribution is -0.131. The Morgan fingerprint density at radius 2 is 1.75 bits per heavy atom. The number of carbonyl (C=O) groups excluding carboxylic acids is 2. The highest BCUT2D eigenvalue weighted by Crippen LogP contribution is 2.39. The van der Waals surface area contributed by atoms with Crippen molar-refractivity contribution in [1.29, 1.82) is 0 Å². The zero-order chi connectivity index (χ0) is 31.4. The van der Waals surface area contributed by atoms with Gasteiger partial charge in [-0.25, -0.2) is 10.5 Å². The molecule has 1 unspecified atom stereocenters. The van der Waals surface area contributed by atoms with Gasteiger partial charge < -0.3 is 10.1 Å². The third kappa shape index (κ3) is 7.83. The van der Waals surface area contributed by atoms with Crippen LogP contribution in [0.1, 0.15) is 94.9 Å². The Bertz CT molecular complexity index is 1520. The molecule has 7 nitrogen and oxygen atoms in total. The van der Waals surface area contributed by atoms with Gasteiger partial charge in [-0.3, -0.25) is 14.8 Å². The van der Waals surface area contributed by atoms with Crippen LogP contribution >= 0.6 is 11.8 Å². The lowest BCUT2D eigenvalue weighted by atomic mass is 9.87. The number of amides is 2. The van der Waals surface area contributed by atoms with Crippen LogP contribution in [0.25, 0.3) is 10.8 Å². The molecule has 5 rings (SSSR count). The fourth-order valence-electron chi connectivity index (χ4n) is 6.08. The maximum Gasteiger partial charge on any atom is 0.270 e. The first-order chi connectivity index (χ1) is 21.0. The zero-order valence-corrected chi connectivity index (χ0v) is 27.3. The second-order valence-electron chi connectivity index (χ2n) is 13.6. The van der Waals surface area contributed by atoms with Crippen molar-refractivity contribution >= 4 is 34.3 Å². The molecule has 234 valence electrons. The van der Waals surface area contributed by atoms with E-state index in [0.29, 0.717) is 23.5 Å². The van der Waals surface area contributed by atoms with Crippen molar-refractivity contribution in [2.75, 3.05) is 0 Å². The summed E-state index contributed by atoms with van der Waals surface area (Å²) in [5, 5.41) is 14.6. The molecule has 3 aromatic rings. The topological polar surface area (TPSA) is 101 Å². The normalized spacial score (nSPS) is 18.0. The Kier molecular flexibility index (Phi) is 10.0. The summed E-state index contributed by atoms with van der Waals surface area (Å²) in [6.07, 6.45) is 8.90. The first-order valence-corrected chi connectivity index (χ1v) is 16.7. The first kappa shape index (κ1) is 32.0. The van der Waals surface area contributed by atoms with Crippen LogP contribution in [0.3, 0.4) is 0 Å². The summed E-state index contributed by atoms with van der Waals surface area (Å²) >= 11 is 1.74. The van der Waals surface area contributed by atoms with Gasteiger partial charge in [-0.2, -0.15) is 0 Å². The van der Waals surface area contributed by atoms with Crippen molar-refractivity contribution in [3.8, 4) is 11.5 Å². The number of nitrogens with zero attached hydrogens (tertiary/aromatic N) is 1. The smallest absolute Gasteiger partial charge is 0.270 e. The molecule has 2 aromatic carbocycles. The van der Waals surface area contributed by atoms with Crippen molar-refractivity contribution < 1.29 is 19.5 Å². The predicted molar refractivity (Wildman–Crippen MR) is 177 cm³/mol. The minimum Gasteiger partial charge on any atom is -0.457 e. The molecule has 2 atom stereocenters. The number of fused-ring (bicyclic) bond motifs is 1. The van der Waals surface area contributed by atoms with Gasteiger partial charge in [0, 0.05) is 22.8 Å². The number of pyridine rings is 1. The minimum absolute atomic E-state index is 0.0672. The molecule has 1 aliphatic carbocycles. The fraction of sp³-hybridized carbons (Fsp3) is 0.472. The fourth-order valence-corrected chi connectivity index (χ4v) is 7.39. The third-order valence-corrected chi connectivity index (χ3v) is 10.5. The summed E-state index contributed by atoms with van der Waals surface area (Å²) in [6, 6.07) is 15.0. The van der Waals surface area contributed by atoms with Crippen molar-refractivity contribution in [3.05, 3.63) is 76.5 Å². The van der Waals surface area contributed by atoms with E-state index in [1.807, 2.05) is 30.3 Å². The summed E-state index contributed by atoms with van der Waals surface area (Å²) < 4.78 is 6.25. The molecule has 1 fully saturated rings. The molecule has 0 bridgehead atoms. The Hall–Kier alpha value is -3.36. The van der Waals surface area contributed by atoms with E-state index >= 15 is 0 Å². The van der Waals surface area contributed by atoms with Gasteiger partial charge in [0.2, 0.25) is 0 Å². The largest absolute Gasteiger partial charge is 0.457 e. The number of carbonyl (C=O) groups is 2. The van der Waals surface area contributed by atoms with E-state index in [1.165, 1.54) is 18.4 Å². The van der Waals surface area contributed by atoms with Gasteiger partial charge in [0.05, 0.1) is 0 Å². The van der Waals surface area contributed by atoms with Crippen LogP contribution in [0.15, 0.2) is 59.5 Å². The zero-order valence-electron chi connectivity index (χ0n) is 26.5. The maximum atomic E-state index is 13.6. The molecule has 8 heteroatoms. The predicted octanol–water partition coefficient (Wildman–Crippen LogP) is 8.10. The van der Waals surface area contributed by atoms with Crippen LogP contribution in [-0.4, -0.2) is 33.3 Å². The lowest BCUT2D eigenvalue weighted by Crippen LogP contribution is -2.46. The molecule has 44 heavy (non-hydrogen) atoms. The Balaban J connectivity index is 1.39. The standard InChI is InChI=1S/C36H45N3O4S/c1-22(2)33-17-16-28(44-33)21-32(35(41)39-42)38-34(40)31-19-24-10-13-27(43-26-14-11-25(12-15-26)36(3,4)5)20-29(24)30(37-31)18-23-8-6-7-9-23/h10-16,19-20,22-23,32-33,42H,6-9,17-18,21H2,1-5H3,(H,38,40)(H,39,41)/t32-,33?/m1/s1. The van der Waals surface area contributed by atoms with Gasteiger partial charge in [0.25, 0.3) is 11.8 Å². The molecule has 0 saturated heterocycles. The molecular weight excluding hydrogens is 570 g/mol. The number of hydroxylamine groups is 1. The van der Waals surface area contributed by atoms with Crippen molar-refractivity contribution in [3.63, 3.8) is 0 Å². The third-order valence-electron chi connectivity index (χ3n) is 8.79. The van der Waals surface area contributed by atoms with Gasteiger partial charge in [-0.1, -0.05) is 84.6 Å². The molecule has 2 amide bonds. The van der Waals surface area contributed by atoms with Crippen LogP contribution in [0.2, 0.25) is 0 Å². The number of thioether (sulfide) groups is 1. The van der Waals surface area contributed by atoms with Crippen LogP contribution in [0.5, 0.6) is 11.5 Å². The van der Waals surface area contributed by atoms with Gasteiger partial charge in [-0.05, 0) is 76.3 Å². The highest BCUT2D eigenvalue weighted by Gasteiger charge is 2.28. The van der Waals surface area contributed by atoms with Gasteiger partial charge >= 0.3 is 0 Å². The number of allylic oxidation sites excluding steroid dienone is 1. The van der Waals surface area contributed by atoms with Gasteiger partial charge in [-0.15, -0.1) is 11.8 Å². The summed E-state index contributed by atoms with van der Waals surface area (Å²) in [6.45, 7) is 10.9. The molecule has 1 saturated carbocycles. The molecule has 3 N–H and O–H groups in total. The van der Waals surface area contributed by atoms with Crippen LogP contribution in [0.4, 0.5) is 0 Å². The van der Waals surface area contributed by atoms with E-state index in [1.54, 1.807) is 23.3 Å². The average Bonchev–Trinajstić information content (AvgIpc) is 3.69. The second-order valence-corrected chi connectivity index (χ2v) is 14.9. The lowest BCUT2D eigenvalue weighted by Gasteiger charge is -2.20.